The van der Waals surface area contributed by atoms with Crippen molar-refractivity contribution in [2.75, 3.05) is 19.6 Å². The van der Waals surface area contributed by atoms with Crippen LogP contribution in [0.1, 0.15) is 44.9 Å². The Morgan fingerprint density at radius 3 is 2.69 bits per heavy atom. The first-order chi connectivity index (χ1) is 7.75. The highest BCUT2D eigenvalue weighted by molar-refractivity contribution is 4.81. The van der Waals surface area contributed by atoms with Crippen molar-refractivity contribution >= 4 is 0 Å². The van der Waals surface area contributed by atoms with Crippen molar-refractivity contribution in [2.24, 2.45) is 11.7 Å². The third-order valence-electron chi connectivity index (χ3n) is 4.19. The lowest BCUT2D eigenvalue weighted by Crippen LogP contribution is -2.44. The van der Waals surface area contributed by atoms with Crippen LogP contribution in [0.5, 0.6) is 0 Å². The molecule has 2 rings (SSSR count). The standard InChI is InChI=1S/C13H26N2O/c14-13-7-3-1-2-5-11(13)9-15-8-4-6-12(16)10-15/h11-13,16H,1-10,14H2. The average Bonchev–Trinajstić information content (AvgIpc) is 2.45. The van der Waals surface area contributed by atoms with Gasteiger partial charge in [-0.15, -0.1) is 0 Å². The molecule has 2 fully saturated rings. The zero-order valence-electron chi connectivity index (χ0n) is 10.3. The molecule has 0 aromatic rings. The maximum atomic E-state index is 9.66. The Morgan fingerprint density at radius 2 is 1.88 bits per heavy atom. The van der Waals surface area contributed by atoms with Crippen LogP contribution in [0.2, 0.25) is 0 Å². The van der Waals surface area contributed by atoms with E-state index in [1.807, 2.05) is 0 Å². The zero-order valence-corrected chi connectivity index (χ0v) is 10.3. The Bertz CT molecular complexity index is 210. The quantitative estimate of drug-likeness (QED) is 0.699. The normalized spacial score (nSPS) is 38.2. The number of aliphatic hydroxyl groups is 1. The van der Waals surface area contributed by atoms with Crippen molar-refractivity contribution in [3.8, 4) is 0 Å². The lowest BCUT2D eigenvalue weighted by atomic mass is 9.94. The summed E-state index contributed by atoms with van der Waals surface area (Å²) in [6.45, 7) is 3.13. The Kier molecular flexibility index (Phi) is 4.62. The Labute approximate surface area is 99.0 Å². The fourth-order valence-corrected chi connectivity index (χ4v) is 3.17. The zero-order chi connectivity index (χ0) is 11.4. The van der Waals surface area contributed by atoms with Crippen LogP contribution >= 0.6 is 0 Å². The van der Waals surface area contributed by atoms with Crippen molar-refractivity contribution in [3.63, 3.8) is 0 Å². The van der Waals surface area contributed by atoms with Crippen molar-refractivity contribution in [3.05, 3.63) is 0 Å². The molecule has 16 heavy (non-hydrogen) atoms. The van der Waals surface area contributed by atoms with E-state index in [1.54, 1.807) is 0 Å². The van der Waals surface area contributed by atoms with E-state index in [9.17, 15) is 5.11 Å². The lowest BCUT2D eigenvalue weighted by Gasteiger charge is -2.34. The molecule has 1 saturated heterocycles. The van der Waals surface area contributed by atoms with Crippen LogP contribution in [0.4, 0.5) is 0 Å². The van der Waals surface area contributed by atoms with E-state index < -0.39 is 0 Å². The highest BCUT2D eigenvalue weighted by atomic mass is 16.3. The molecule has 2 aliphatic rings. The summed E-state index contributed by atoms with van der Waals surface area (Å²) in [5.74, 6) is 0.660. The summed E-state index contributed by atoms with van der Waals surface area (Å²) in [6.07, 6.45) is 8.50. The predicted octanol–water partition coefficient (Wildman–Crippen LogP) is 1.35. The molecule has 3 unspecified atom stereocenters. The van der Waals surface area contributed by atoms with Gasteiger partial charge < -0.3 is 15.7 Å². The number of nitrogens with two attached hydrogens (primary N) is 1. The van der Waals surface area contributed by atoms with Crippen LogP contribution < -0.4 is 5.73 Å². The van der Waals surface area contributed by atoms with Gasteiger partial charge in [-0.3, -0.25) is 0 Å². The maximum absolute atomic E-state index is 9.66. The van der Waals surface area contributed by atoms with Crippen LogP contribution in [0.15, 0.2) is 0 Å². The molecule has 0 aromatic heterocycles. The molecule has 1 aliphatic heterocycles. The summed E-state index contributed by atoms with van der Waals surface area (Å²) in [7, 11) is 0. The first kappa shape index (κ1) is 12.3. The van der Waals surface area contributed by atoms with Gasteiger partial charge in [0.25, 0.3) is 0 Å². The van der Waals surface area contributed by atoms with E-state index in [0.29, 0.717) is 12.0 Å². The summed E-state index contributed by atoms with van der Waals surface area (Å²) < 4.78 is 0. The molecule has 3 heteroatoms. The number of β-amino-alcohol motifs (C(OH)–C–C–N with tert-alkyl or cyclic N) is 1. The van der Waals surface area contributed by atoms with Crippen molar-refractivity contribution in [1.82, 2.24) is 4.90 Å². The Morgan fingerprint density at radius 1 is 1.06 bits per heavy atom. The van der Waals surface area contributed by atoms with Crippen LogP contribution in [0.3, 0.4) is 0 Å². The average molecular weight is 226 g/mol. The first-order valence-electron chi connectivity index (χ1n) is 6.91. The van der Waals surface area contributed by atoms with Crippen molar-refractivity contribution in [2.45, 2.75) is 57.1 Å². The summed E-state index contributed by atoms with van der Waals surface area (Å²) in [5, 5.41) is 9.66. The topological polar surface area (TPSA) is 49.5 Å². The van der Waals surface area contributed by atoms with E-state index in [4.69, 9.17) is 5.73 Å². The fourth-order valence-electron chi connectivity index (χ4n) is 3.17. The number of aliphatic hydroxyl groups excluding tert-OH is 1. The fraction of sp³-hybridized carbons (Fsp3) is 1.00. The van der Waals surface area contributed by atoms with E-state index in [-0.39, 0.29) is 6.10 Å². The number of likely N-dealkylation sites (tertiary alicyclic amines) is 1. The molecule has 0 aromatic carbocycles. The van der Waals surface area contributed by atoms with Gasteiger partial charge in [0.05, 0.1) is 6.10 Å². The number of nitrogens with zero attached hydrogens (tertiary/aromatic N) is 1. The van der Waals surface area contributed by atoms with E-state index in [2.05, 4.69) is 4.90 Å². The molecule has 0 radical (unpaired) electrons. The number of hydrogen-bond donors (Lipinski definition) is 2. The highest BCUT2D eigenvalue weighted by Crippen LogP contribution is 2.24. The van der Waals surface area contributed by atoms with Crippen molar-refractivity contribution < 1.29 is 5.11 Å². The molecule has 0 bridgehead atoms. The molecule has 94 valence electrons. The monoisotopic (exact) mass is 226 g/mol. The van der Waals surface area contributed by atoms with Crippen LogP contribution in [-0.4, -0.2) is 41.8 Å². The summed E-state index contributed by atoms with van der Waals surface area (Å²) in [4.78, 5) is 2.42. The van der Waals surface area contributed by atoms with Crippen LogP contribution in [-0.2, 0) is 0 Å². The van der Waals surface area contributed by atoms with Crippen LogP contribution in [0.25, 0.3) is 0 Å². The molecule has 1 aliphatic carbocycles. The van der Waals surface area contributed by atoms with Gasteiger partial charge in [-0.2, -0.15) is 0 Å². The SMILES string of the molecule is NC1CCCCCC1CN1CCCC(O)C1. The lowest BCUT2D eigenvalue weighted by molar-refractivity contribution is 0.0587. The second-order valence-electron chi connectivity index (χ2n) is 5.62. The minimum atomic E-state index is -0.101. The van der Waals surface area contributed by atoms with Gasteiger partial charge >= 0.3 is 0 Å². The second kappa shape index (κ2) is 5.99. The first-order valence-corrected chi connectivity index (χ1v) is 6.91. The molecule has 1 saturated carbocycles. The van der Waals surface area contributed by atoms with Gasteiger partial charge in [0, 0.05) is 19.1 Å². The van der Waals surface area contributed by atoms with Crippen molar-refractivity contribution in [1.29, 1.82) is 0 Å². The Balaban J connectivity index is 1.82. The second-order valence-corrected chi connectivity index (χ2v) is 5.62. The van der Waals surface area contributed by atoms with E-state index in [1.165, 1.54) is 32.1 Å². The highest BCUT2D eigenvalue weighted by Gasteiger charge is 2.25. The molecule has 3 N–H and O–H groups in total. The molecule has 3 nitrogen and oxygen atoms in total. The largest absolute Gasteiger partial charge is 0.392 e. The van der Waals surface area contributed by atoms with Gasteiger partial charge in [0.2, 0.25) is 0 Å². The number of hydrogen-bond acceptors (Lipinski definition) is 3. The smallest absolute Gasteiger partial charge is 0.0667 e. The third kappa shape index (κ3) is 3.44. The van der Waals surface area contributed by atoms with Gasteiger partial charge in [0.15, 0.2) is 0 Å². The minimum Gasteiger partial charge on any atom is -0.392 e. The van der Waals surface area contributed by atoms with E-state index in [0.717, 1.165) is 32.5 Å². The summed E-state index contributed by atoms with van der Waals surface area (Å²) >= 11 is 0. The van der Waals surface area contributed by atoms with Gasteiger partial charge in [0.1, 0.15) is 0 Å². The Hall–Kier alpha value is -0.120. The summed E-state index contributed by atoms with van der Waals surface area (Å²) in [6, 6.07) is 0.390. The molecule has 1 heterocycles. The van der Waals surface area contributed by atoms with Gasteiger partial charge in [-0.25, -0.2) is 0 Å². The predicted molar refractivity (Wildman–Crippen MR) is 66.2 cm³/mol. The van der Waals surface area contributed by atoms with Gasteiger partial charge in [-0.05, 0) is 38.1 Å². The molecular formula is C13H26N2O. The summed E-state index contributed by atoms with van der Waals surface area (Å²) in [5.41, 5.74) is 6.24. The maximum Gasteiger partial charge on any atom is 0.0667 e. The molecular weight excluding hydrogens is 200 g/mol. The minimum absolute atomic E-state index is 0.101. The number of rotatable bonds is 2. The molecule has 0 spiro atoms. The van der Waals surface area contributed by atoms with E-state index >= 15 is 0 Å². The molecule has 0 amide bonds. The van der Waals surface area contributed by atoms with Crippen LogP contribution in [0, 0.1) is 5.92 Å². The number of piperidine rings is 1. The third-order valence-corrected chi connectivity index (χ3v) is 4.19. The molecule has 3 atom stereocenters. The van der Waals surface area contributed by atoms with Gasteiger partial charge in [-0.1, -0.05) is 19.3 Å².